The second-order valence-electron chi connectivity index (χ2n) is 5.10. The second kappa shape index (κ2) is 5.75. The first-order valence-electron chi connectivity index (χ1n) is 6.83. The van der Waals surface area contributed by atoms with E-state index in [9.17, 15) is 22.8 Å². The zero-order valence-corrected chi connectivity index (χ0v) is 11.8. The first kappa shape index (κ1) is 15.1. The number of hydrogen-bond donors (Lipinski definition) is 2. The SMILES string of the molecule is O=C1CCc2cc(C(=O)Nc3ccc(F)c(F)c3F)ccc2N1. The summed E-state index contributed by atoms with van der Waals surface area (Å²) in [5.74, 6) is -5.18. The first-order chi connectivity index (χ1) is 11.0. The van der Waals surface area contributed by atoms with Crippen molar-refractivity contribution in [3.8, 4) is 0 Å². The third-order valence-electron chi connectivity index (χ3n) is 3.55. The molecular weight excluding hydrogens is 309 g/mol. The van der Waals surface area contributed by atoms with E-state index < -0.39 is 29.0 Å². The van der Waals surface area contributed by atoms with E-state index in [0.717, 1.165) is 17.7 Å². The van der Waals surface area contributed by atoms with Gasteiger partial charge in [-0.3, -0.25) is 9.59 Å². The van der Waals surface area contributed by atoms with Crippen molar-refractivity contribution in [1.29, 1.82) is 0 Å². The van der Waals surface area contributed by atoms with Crippen LogP contribution in [0.4, 0.5) is 24.5 Å². The van der Waals surface area contributed by atoms with Crippen molar-refractivity contribution in [2.45, 2.75) is 12.8 Å². The van der Waals surface area contributed by atoms with Gasteiger partial charge in [0, 0.05) is 17.7 Å². The molecule has 4 nitrogen and oxygen atoms in total. The highest BCUT2D eigenvalue weighted by Crippen LogP contribution is 2.25. The molecule has 0 unspecified atom stereocenters. The molecule has 0 bridgehead atoms. The van der Waals surface area contributed by atoms with Gasteiger partial charge in [-0.05, 0) is 42.3 Å². The molecule has 118 valence electrons. The molecule has 2 N–H and O–H groups in total. The summed E-state index contributed by atoms with van der Waals surface area (Å²) in [6.07, 6.45) is 0.803. The van der Waals surface area contributed by atoms with Gasteiger partial charge in [0.15, 0.2) is 17.5 Å². The van der Waals surface area contributed by atoms with Crippen LogP contribution in [0.1, 0.15) is 22.3 Å². The maximum Gasteiger partial charge on any atom is 0.255 e. The van der Waals surface area contributed by atoms with Crippen molar-refractivity contribution in [3.05, 3.63) is 58.9 Å². The van der Waals surface area contributed by atoms with Crippen LogP contribution in [0, 0.1) is 17.5 Å². The lowest BCUT2D eigenvalue weighted by atomic mass is 10.00. The summed E-state index contributed by atoms with van der Waals surface area (Å²) in [5.41, 5.74) is 1.18. The number of amides is 2. The average Bonchev–Trinajstić information content (AvgIpc) is 2.54. The fourth-order valence-electron chi connectivity index (χ4n) is 2.34. The van der Waals surface area contributed by atoms with Crippen molar-refractivity contribution in [1.82, 2.24) is 0 Å². The van der Waals surface area contributed by atoms with Gasteiger partial charge in [-0.25, -0.2) is 13.2 Å². The van der Waals surface area contributed by atoms with Crippen LogP contribution < -0.4 is 10.6 Å². The number of rotatable bonds is 2. The zero-order valence-electron chi connectivity index (χ0n) is 11.8. The van der Waals surface area contributed by atoms with Gasteiger partial charge >= 0.3 is 0 Å². The quantitative estimate of drug-likeness (QED) is 0.835. The number of halogens is 3. The summed E-state index contributed by atoms with van der Waals surface area (Å²) in [5, 5.41) is 4.88. The van der Waals surface area contributed by atoms with E-state index in [1.807, 2.05) is 0 Å². The molecule has 3 rings (SSSR count). The zero-order chi connectivity index (χ0) is 16.6. The molecule has 0 aliphatic carbocycles. The summed E-state index contributed by atoms with van der Waals surface area (Å²) < 4.78 is 39.6. The number of aryl methyl sites for hydroxylation is 1. The van der Waals surface area contributed by atoms with E-state index in [1.165, 1.54) is 6.07 Å². The topological polar surface area (TPSA) is 58.2 Å². The molecule has 2 amide bonds. The number of nitrogens with one attached hydrogen (secondary N) is 2. The van der Waals surface area contributed by atoms with Crippen molar-refractivity contribution in [2.75, 3.05) is 10.6 Å². The van der Waals surface area contributed by atoms with Crippen molar-refractivity contribution in [2.24, 2.45) is 0 Å². The van der Waals surface area contributed by atoms with E-state index in [0.29, 0.717) is 18.5 Å². The van der Waals surface area contributed by atoms with Gasteiger partial charge < -0.3 is 10.6 Å². The number of anilines is 2. The Morgan fingerprint density at radius 2 is 1.83 bits per heavy atom. The lowest BCUT2D eigenvalue weighted by Gasteiger charge is -2.17. The third-order valence-corrected chi connectivity index (χ3v) is 3.55. The van der Waals surface area contributed by atoms with Crippen molar-refractivity contribution >= 4 is 23.2 Å². The minimum atomic E-state index is -1.64. The highest BCUT2D eigenvalue weighted by molar-refractivity contribution is 6.05. The van der Waals surface area contributed by atoms with E-state index in [-0.39, 0.29) is 11.5 Å². The number of hydrogen-bond acceptors (Lipinski definition) is 2. The molecule has 0 radical (unpaired) electrons. The molecule has 0 saturated heterocycles. The summed E-state index contributed by atoms with van der Waals surface area (Å²) >= 11 is 0. The van der Waals surface area contributed by atoms with Gasteiger partial charge in [0.2, 0.25) is 5.91 Å². The van der Waals surface area contributed by atoms with E-state index in [4.69, 9.17) is 0 Å². The minimum absolute atomic E-state index is 0.0986. The standard InChI is InChI=1S/C16H11F3N2O2/c17-10-3-5-12(15(19)14(10)18)21-16(23)9-1-4-11-8(7-9)2-6-13(22)20-11/h1,3-5,7H,2,6H2,(H,20,22)(H,21,23). The summed E-state index contributed by atoms with van der Waals surface area (Å²) in [7, 11) is 0. The van der Waals surface area contributed by atoms with E-state index in [2.05, 4.69) is 10.6 Å². The molecule has 0 fully saturated rings. The Morgan fingerprint density at radius 1 is 1.04 bits per heavy atom. The maximum atomic E-state index is 13.6. The predicted molar refractivity (Wildman–Crippen MR) is 77.7 cm³/mol. The van der Waals surface area contributed by atoms with Gasteiger partial charge in [0.25, 0.3) is 5.91 Å². The smallest absolute Gasteiger partial charge is 0.255 e. The Labute approximate surface area is 129 Å². The van der Waals surface area contributed by atoms with Crippen LogP contribution in [0.3, 0.4) is 0 Å². The van der Waals surface area contributed by atoms with Crippen LogP contribution in [0.5, 0.6) is 0 Å². The van der Waals surface area contributed by atoms with Crippen molar-refractivity contribution in [3.63, 3.8) is 0 Å². The molecule has 7 heteroatoms. The molecule has 0 atom stereocenters. The fourth-order valence-corrected chi connectivity index (χ4v) is 2.34. The molecule has 1 aliphatic rings. The highest BCUT2D eigenvalue weighted by Gasteiger charge is 2.19. The minimum Gasteiger partial charge on any atom is -0.326 e. The molecule has 23 heavy (non-hydrogen) atoms. The van der Waals surface area contributed by atoms with Crippen LogP contribution in [0.25, 0.3) is 0 Å². The number of carbonyl (C=O) groups excluding carboxylic acids is 2. The molecule has 0 spiro atoms. The van der Waals surface area contributed by atoms with Crippen LogP contribution in [0.2, 0.25) is 0 Å². The summed E-state index contributed by atoms with van der Waals surface area (Å²) in [6, 6.07) is 6.28. The Balaban J connectivity index is 1.84. The average molecular weight is 320 g/mol. The van der Waals surface area contributed by atoms with Gasteiger partial charge in [0.1, 0.15) is 0 Å². The Hall–Kier alpha value is -2.83. The largest absolute Gasteiger partial charge is 0.326 e. The fraction of sp³-hybridized carbons (Fsp3) is 0.125. The lowest BCUT2D eigenvalue weighted by Crippen LogP contribution is -2.20. The molecule has 0 aromatic heterocycles. The molecule has 2 aromatic carbocycles. The number of fused-ring (bicyclic) bond motifs is 1. The Morgan fingerprint density at radius 3 is 2.61 bits per heavy atom. The first-order valence-corrected chi connectivity index (χ1v) is 6.83. The van der Waals surface area contributed by atoms with Gasteiger partial charge in [-0.1, -0.05) is 0 Å². The van der Waals surface area contributed by atoms with Gasteiger partial charge in [-0.15, -0.1) is 0 Å². The third kappa shape index (κ3) is 2.90. The Kier molecular flexibility index (Phi) is 3.77. The van der Waals surface area contributed by atoms with E-state index in [1.54, 1.807) is 12.1 Å². The Bertz CT molecular complexity index is 821. The van der Waals surface area contributed by atoms with E-state index >= 15 is 0 Å². The molecule has 1 heterocycles. The highest BCUT2D eigenvalue weighted by atomic mass is 19.2. The van der Waals surface area contributed by atoms with Crippen LogP contribution in [0.15, 0.2) is 30.3 Å². The summed E-state index contributed by atoms with van der Waals surface area (Å²) in [6.45, 7) is 0. The van der Waals surface area contributed by atoms with Crippen molar-refractivity contribution < 1.29 is 22.8 Å². The summed E-state index contributed by atoms with van der Waals surface area (Å²) in [4.78, 5) is 23.4. The second-order valence-corrected chi connectivity index (χ2v) is 5.10. The van der Waals surface area contributed by atoms with Gasteiger partial charge in [-0.2, -0.15) is 0 Å². The normalized spacial score (nSPS) is 13.3. The van der Waals surface area contributed by atoms with Gasteiger partial charge in [0.05, 0.1) is 5.69 Å². The molecule has 1 aliphatic heterocycles. The monoisotopic (exact) mass is 320 g/mol. The van der Waals surface area contributed by atoms with Crippen LogP contribution in [-0.2, 0) is 11.2 Å². The molecule has 2 aromatic rings. The van der Waals surface area contributed by atoms with Crippen LogP contribution in [-0.4, -0.2) is 11.8 Å². The molecular formula is C16H11F3N2O2. The lowest BCUT2D eigenvalue weighted by molar-refractivity contribution is -0.116. The maximum absolute atomic E-state index is 13.6. The van der Waals surface area contributed by atoms with Crippen LogP contribution >= 0.6 is 0 Å². The number of carbonyl (C=O) groups is 2. The molecule has 0 saturated carbocycles. The predicted octanol–water partition coefficient (Wildman–Crippen LogP) is 3.24. The number of benzene rings is 2.